The van der Waals surface area contributed by atoms with Crippen LogP contribution in [0.4, 0.5) is 0 Å². The summed E-state index contributed by atoms with van der Waals surface area (Å²) < 4.78 is 2.38. The molecule has 1 heterocycles. The zero-order valence-corrected chi connectivity index (χ0v) is 12.8. The molecule has 0 radical (unpaired) electrons. The van der Waals surface area contributed by atoms with Gasteiger partial charge in [0.05, 0.1) is 6.04 Å². The zero-order chi connectivity index (χ0) is 13.7. The molecule has 110 valence electrons. The van der Waals surface area contributed by atoms with Gasteiger partial charge in [0, 0.05) is 18.9 Å². The summed E-state index contributed by atoms with van der Waals surface area (Å²) in [5.74, 6) is 6.30. The molecule has 1 aromatic rings. The Balaban J connectivity index is 1.58. The second kappa shape index (κ2) is 4.87. The van der Waals surface area contributed by atoms with Crippen molar-refractivity contribution in [1.29, 1.82) is 0 Å². The summed E-state index contributed by atoms with van der Waals surface area (Å²) in [5.41, 5.74) is 0. The molecule has 0 saturated heterocycles. The Morgan fingerprint density at radius 2 is 2.05 bits per heavy atom. The van der Waals surface area contributed by atoms with Gasteiger partial charge in [-0.05, 0) is 61.8 Å². The van der Waals surface area contributed by atoms with Gasteiger partial charge in [-0.1, -0.05) is 13.8 Å². The molecule has 3 heteroatoms. The third kappa shape index (κ3) is 1.78. The molecule has 2 bridgehead atoms. The van der Waals surface area contributed by atoms with Crippen LogP contribution in [0.2, 0.25) is 0 Å². The largest absolute Gasteiger partial charge is 0.334 e. The van der Waals surface area contributed by atoms with Crippen LogP contribution in [0.5, 0.6) is 0 Å². The minimum Gasteiger partial charge on any atom is -0.334 e. The van der Waals surface area contributed by atoms with Gasteiger partial charge >= 0.3 is 0 Å². The fourth-order valence-electron chi connectivity index (χ4n) is 5.49. The summed E-state index contributed by atoms with van der Waals surface area (Å²) in [6, 6.07) is 0.500. The second-order valence-corrected chi connectivity index (χ2v) is 7.08. The predicted molar refractivity (Wildman–Crippen MR) is 80.2 cm³/mol. The van der Waals surface area contributed by atoms with Gasteiger partial charge in [-0.15, -0.1) is 0 Å². The summed E-state index contributed by atoms with van der Waals surface area (Å²) in [4.78, 5) is 4.71. The van der Waals surface area contributed by atoms with Gasteiger partial charge in [-0.3, -0.25) is 0 Å². The number of aromatic nitrogens is 2. The Bertz CT molecular complexity index is 464. The number of hydrogen-bond acceptors (Lipinski definition) is 2. The van der Waals surface area contributed by atoms with Crippen LogP contribution < -0.4 is 5.32 Å². The standard InChI is InChI=1S/C17H27N3/c1-3-8-20-9-7-19-17(20)16(18-4-2)15-13-11-5-6-12(10-11)14(13)15/h7,9,11-16,18H,3-6,8,10H2,1-2H3. The highest BCUT2D eigenvalue weighted by molar-refractivity contribution is 5.19. The molecular formula is C17H27N3. The van der Waals surface area contributed by atoms with Crippen molar-refractivity contribution in [3.63, 3.8) is 0 Å². The molecule has 1 aromatic heterocycles. The number of nitrogens with zero attached hydrogens (tertiary/aromatic N) is 2. The maximum absolute atomic E-state index is 4.71. The van der Waals surface area contributed by atoms with Gasteiger partial charge in [0.25, 0.3) is 0 Å². The molecule has 5 atom stereocenters. The van der Waals surface area contributed by atoms with Crippen LogP contribution in [-0.4, -0.2) is 16.1 Å². The third-order valence-corrected chi connectivity index (χ3v) is 6.09. The first-order valence-corrected chi connectivity index (χ1v) is 8.59. The van der Waals surface area contributed by atoms with E-state index in [1.165, 1.54) is 31.5 Å². The monoisotopic (exact) mass is 273 g/mol. The highest BCUT2D eigenvalue weighted by Gasteiger charge is 2.67. The smallest absolute Gasteiger partial charge is 0.126 e. The van der Waals surface area contributed by atoms with Crippen LogP contribution >= 0.6 is 0 Å². The molecule has 3 nitrogen and oxygen atoms in total. The van der Waals surface area contributed by atoms with E-state index in [-0.39, 0.29) is 0 Å². The van der Waals surface area contributed by atoms with Crippen LogP contribution in [0.1, 0.15) is 51.4 Å². The Labute approximate surface area is 122 Å². The van der Waals surface area contributed by atoms with E-state index in [0.29, 0.717) is 6.04 Å². The molecule has 3 fully saturated rings. The normalized spacial score (nSPS) is 39.0. The van der Waals surface area contributed by atoms with Crippen LogP contribution in [0.15, 0.2) is 12.4 Å². The van der Waals surface area contributed by atoms with E-state index >= 15 is 0 Å². The van der Waals surface area contributed by atoms with Crippen molar-refractivity contribution in [2.45, 2.75) is 52.1 Å². The quantitative estimate of drug-likeness (QED) is 0.862. The molecule has 0 aromatic carbocycles. The summed E-state index contributed by atoms with van der Waals surface area (Å²) >= 11 is 0. The van der Waals surface area contributed by atoms with E-state index in [4.69, 9.17) is 4.98 Å². The van der Waals surface area contributed by atoms with E-state index < -0.39 is 0 Å². The topological polar surface area (TPSA) is 29.9 Å². The van der Waals surface area contributed by atoms with Crippen molar-refractivity contribution in [3.05, 3.63) is 18.2 Å². The fraction of sp³-hybridized carbons (Fsp3) is 0.824. The average molecular weight is 273 g/mol. The molecule has 3 saturated carbocycles. The van der Waals surface area contributed by atoms with Crippen molar-refractivity contribution >= 4 is 0 Å². The minimum atomic E-state index is 0.500. The van der Waals surface area contributed by atoms with E-state index in [2.05, 4.69) is 29.9 Å². The molecule has 5 unspecified atom stereocenters. The summed E-state index contributed by atoms with van der Waals surface area (Å²) in [5, 5.41) is 3.76. The predicted octanol–water partition coefficient (Wildman–Crippen LogP) is 3.24. The van der Waals surface area contributed by atoms with Crippen molar-refractivity contribution < 1.29 is 0 Å². The van der Waals surface area contributed by atoms with Gasteiger partial charge in [-0.25, -0.2) is 4.98 Å². The Morgan fingerprint density at radius 1 is 1.30 bits per heavy atom. The van der Waals surface area contributed by atoms with E-state index in [0.717, 1.165) is 42.7 Å². The van der Waals surface area contributed by atoms with Crippen molar-refractivity contribution in [2.24, 2.45) is 29.6 Å². The summed E-state index contributed by atoms with van der Waals surface area (Å²) in [6.45, 7) is 6.63. The lowest BCUT2D eigenvalue weighted by Gasteiger charge is -2.22. The highest BCUT2D eigenvalue weighted by atomic mass is 15.1. The SMILES string of the molecule is CCCn1ccnc1C(NCC)C1C2C3CCC(C3)C21. The van der Waals surface area contributed by atoms with Crippen LogP contribution in [-0.2, 0) is 6.54 Å². The summed E-state index contributed by atoms with van der Waals surface area (Å²) in [7, 11) is 0. The van der Waals surface area contributed by atoms with E-state index in [9.17, 15) is 0 Å². The molecule has 4 rings (SSSR count). The number of rotatable bonds is 6. The number of imidazole rings is 1. The maximum atomic E-state index is 4.71. The minimum absolute atomic E-state index is 0.500. The Kier molecular flexibility index (Phi) is 3.13. The maximum Gasteiger partial charge on any atom is 0.126 e. The molecule has 0 amide bonds. The lowest BCUT2D eigenvalue weighted by atomic mass is 9.97. The van der Waals surface area contributed by atoms with Crippen molar-refractivity contribution in [1.82, 2.24) is 14.9 Å². The molecule has 0 spiro atoms. The first-order chi connectivity index (χ1) is 9.85. The average Bonchev–Trinajstić information content (AvgIpc) is 2.84. The van der Waals surface area contributed by atoms with Crippen LogP contribution in [0.3, 0.4) is 0 Å². The lowest BCUT2D eigenvalue weighted by molar-refractivity contribution is 0.354. The molecular weight excluding hydrogens is 246 g/mol. The number of aryl methyl sites for hydroxylation is 1. The molecule has 0 aliphatic heterocycles. The third-order valence-electron chi connectivity index (χ3n) is 6.09. The fourth-order valence-corrected chi connectivity index (χ4v) is 5.49. The zero-order valence-electron chi connectivity index (χ0n) is 12.8. The number of hydrogen-bond donors (Lipinski definition) is 1. The van der Waals surface area contributed by atoms with Crippen LogP contribution in [0, 0.1) is 29.6 Å². The first-order valence-electron chi connectivity index (χ1n) is 8.59. The van der Waals surface area contributed by atoms with Gasteiger partial charge in [0.15, 0.2) is 0 Å². The van der Waals surface area contributed by atoms with Gasteiger partial charge < -0.3 is 9.88 Å². The summed E-state index contributed by atoms with van der Waals surface area (Å²) in [6.07, 6.45) is 9.88. The van der Waals surface area contributed by atoms with Crippen molar-refractivity contribution in [3.8, 4) is 0 Å². The second-order valence-electron chi connectivity index (χ2n) is 7.08. The lowest BCUT2D eigenvalue weighted by Crippen LogP contribution is -2.28. The van der Waals surface area contributed by atoms with Gasteiger partial charge in [0.1, 0.15) is 5.82 Å². The van der Waals surface area contributed by atoms with E-state index in [1.807, 2.05) is 6.20 Å². The molecule has 3 aliphatic rings. The van der Waals surface area contributed by atoms with Crippen molar-refractivity contribution in [2.75, 3.05) is 6.54 Å². The van der Waals surface area contributed by atoms with Gasteiger partial charge in [-0.2, -0.15) is 0 Å². The van der Waals surface area contributed by atoms with E-state index in [1.54, 1.807) is 0 Å². The number of fused-ring (bicyclic) bond motifs is 5. The molecule has 20 heavy (non-hydrogen) atoms. The highest BCUT2D eigenvalue weighted by Crippen LogP contribution is 2.72. The Morgan fingerprint density at radius 3 is 2.70 bits per heavy atom. The molecule has 1 N–H and O–H groups in total. The first kappa shape index (κ1) is 12.9. The van der Waals surface area contributed by atoms with Crippen LogP contribution in [0.25, 0.3) is 0 Å². The number of nitrogens with one attached hydrogen (secondary N) is 1. The Hall–Kier alpha value is -0.830. The molecule has 3 aliphatic carbocycles. The van der Waals surface area contributed by atoms with Gasteiger partial charge in [0.2, 0.25) is 0 Å².